The predicted molar refractivity (Wildman–Crippen MR) is 57.3 cm³/mol. The van der Waals surface area contributed by atoms with Gasteiger partial charge in [0.05, 0.1) is 5.52 Å². The maximum atomic E-state index is 4.08. The van der Waals surface area contributed by atoms with E-state index in [4.69, 9.17) is 0 Å². The predicted octanol–water partition coefficient (Wildman–Crippen LogP) is 2.17. The average Bonchev–Trinajstić information content (AvgIpc) is 2.65. The Balaban J connectivity index is 2.10. The van der Waals surface area contributed by atoms with Gasteiger partial charge in [-0.05, 0) is 12.5 Å². The van der Waals surface area contributed by atoms with Gasteiger partial charge in [0.2, 0.25) is 0 Å². The Labute approximate surface area is 82.7 Å². The summed E-state index contributed by atoms with van der Waals surface area (Å²) in [7, 11) is 0. The van der Waals surface area contributed by atoms with E-state index in [0.29, 0.717) is 0 Å². The summed E-state index contributed by atoms with van der Waals surface area (Å²) >= 11 is 0. The molecule has 0 saturated heterocycles. The molecule has 0 aliphatic heterocycles. The summed E-state index contributed by atoms with van der Waals surface area (Å²) in [6.45, 7) is 3.12. The van der Waals surface area contributed by atoms with Gasteiger partial charge in [0.15, 0.2) is 5.82 Å². The van der Waals surface area contributed by atoms with Crippen LogP contribution < -0.4 is 5.32 Å². The molecule has 4 heteroatoms. The van der Waals surface area contributed by atoms with Gasteiger partial charge in [0.1, 0.15) is 5.52 Å². The van der Waals surface area contributed by atoms with E-state index in [0.717, 1.165) is 29.8 Å². The maximum Gasteiger partial charge on any atom is 0.150 e. The first-order valence-electron chi connectivity index (χ1n) is 4.95. The third-order valence-electron chi connectivity index (χ3n) is 2.14. The van der Waals surface area contributed by atoms with Gasteiger partial charge in [-0.3, -0.25) is 0 Å². The molecule has 0 aliphatic carbocycles. The second kappa shape index (κ2) is 4.09. The van der Waals surface area contributed by atoms with Crippen LogP contribution in [0.25, 0.3) is 11.0 Å². The van der Waals surface area contributed by atoms with Crippen LogP contribution in [0.15, 0.2) is 18.3 Å². The summed E-state index contributed by atoms with van der Waals surface area (Å²) in [6.07, 6.45) is 4.21. The van der Waals surface area contributed by atoms with Crippen LogP contribution in [0.3, 0.4) is 0 Å². The van der Waals surface area contributed by atoms with Gasteiger partial charge in [-0.2, -0.15) is 0 Å². The SMILES string of the molecule is CCCCNc1cc2[nH]ccc2nn1. The van der Waals surface area contributed by atoms with Crippen LogP contribution in [0, 0.1) is 0 Å². The first-order chi connectivity index (χ1) is 6.90. The third-order valence-corrected chi connectivity index (χ3v) is 2.14. The van der Waals surface area contributed by atoms with Gasteiger partial charge >= 0.3 is 0 Å². The first-order valence-corrected chi connectivity index (χ1v) is 4.95. The van der Waals surface area contributed by atoms with Crippen molar-refractivity contribution in [1.82, 2.24) is 15.2 Å². The second-order valence-electron chi connectivity index (χ2n) is 3.29. The molecule has 0 bridgehead atoms. The summed E-state index contributed by atoms with van der Waals surface area (Å²) in [5.41, 5.74) is 1.94. The van der Waals surface area contributed by atoms with E-state index >= 15 is 0 Å². The first kappa shape index (κ1) is 8.99. The van der Waals surface area contributed by atoms with Crippen LogP contribution in [-0.2, 0) is 0 Å². The smallest absolute Gasteiger partial charge is 0.150 e. The van der Waals surface area contributed by atoms with Gasteiger partial charge in [-0.25, -0.2) is 0 Å². The Hall–Kier alpha value is -1.58. The zero-order valence-electron chi connectivity index (χ0n) is 8.25. The van der Waals surface area contributed by atoms with Crippen molar-refractivity contribution in [2.75, 3.05) is 11.9 Å². The van der Waals surface area contributed by atoms with Crippen LogP contribution >= 0.6 is 0 Å². The highest BCUT2D eigenvalue weighted by Crippen LogP contribution is 2.11. The molecular weight excluding hydrogens is 176 g/mol. The van der Waals surface area contributed by atoms with Crippen molar-refractivity contribution in [2.45, 2.75) is 19.8 Å². The van der Waals surface area contributed by atoms with Crippen LogP contribution in [-0.4, -0.2) is 21.7 Å². The fourth-order valence-corrected chi connectivity index (χ4v) is 1.33. The summed E-state index contributed by atoms with van der Waals surface area (Å²) in [5, 5.41) is 11.4. The number of aromatic nitrogens is 3. The number of rotatable bonds is 4. The van der Waals surface area contributed by atoms with Crippen molar-refractivity contribution in [3.63, 3.8) is 0 Å². The Bertz CT molecular complexity index is 407. The number of fused-ring (bicyclic) bond motifs is 1. The van der Waals surface area contributed by atoms with Crippen LogP contribution in [0.2, 0.25) is 0 Å². The van der Waals surface area contributed by atoms with Crippen LogP contribution in [0.4, 0.5) is 5.82 Å². The number of aromatic amines is 1. The summed E-state index contributed by atoms with van der Waals surface area (Å²) in [5.74, 6) is 0.841. The topological polar surface area (TPSA) is 53.6 Å². The molecule has 0 aliphatic rings. The number of nitrogens with zero attached hydrogens (tertiary/aromatic N) is 2. The molecule has 0 aromatic carbocycles. The fourth-order valence-electron chi connectivity index (χ4n) is 1.33. The third kappa shape index (κ3) is 1.84. The maximum absolute atomic E-state index is 4.08. The average molecular weight is 190 g/mol. The normalized spacial score (nSPS) is 10.6. The highest BCUT2D eigenvalue weighted by molar-refractivity contribution is 5.76. The van der Waals surface area contributed by atoms with Crippen LogP contribution in [0.1, 0.15) is 19.8 Å². The molecular formula is C10H14N4. The number of H-pyrrole nitrogens is 1. The molecule has 74 valence electrons. The monoisotopic (exact) mass is 190 g/mol. The Morgan fingerprint density at radius 2 is 2.36 bits per heavy atom. The van der Waals surface area contributed by atoms with Crippen molar-refractivity contribution in [3.05, 3.63) is 18.3 Å². The number of unbranched alkanes of at least 4 members (excludes halogenated alkanes) is 1. The van der Waals surface area contributed by atoms with Crippen molar-refractivity contribution < 1.29 is 0 Å². The molecule has 14 heavy (non-hydrogen) atoms. The zero-order valence-corrected chi connectivity index (χ0v) is 8.25. The molecule has 0 unspecified atom stereocenters. The highest BCUT2D eigenvalue weighted by Gasteiger charge is 1.98. The molecule has 2 aromatic heterocycles. The van der Waals surface area contributed by atoms with E-state index in [-0.39, 0.29) is 0 Å². The standard InChI is InChI=1S/C10H14N4/c1-2-3-5-12-10-7-9-8(13-14-10)4-6-11-9/h4,6-7,11H,2-3,5H2,1H3,(H,12,14). The number of hydrogen-bond acceptors (Lipinski definition) is 3. The summed E-state index contributed by atoms with van der Waals surface area (Å²) < 4.78 is 0. The molecule has 0 amide bonds. The van der Waals surface area contributed by atoms with E-state index in [1.807, 2.05) is 18.3 Å². The summed E-state index contributed by atoms with van der Waals surface area (Å²) in [4.78, 5) is 3.11. The lowest BCUT2D eigenvalue weighted by Gasteiger charge is -2.02. The number of nitrogens with one attached hydrogen (secondary N) is 2. The lowest BCUT2D eigenvalue weighted by atomic mass is 10.3. The largest absolute Gasteiger partial charge is 0.369 e. The molecule has 0 atom stereocenters. The number of hydrogen-bond donors (Lipinski definition) is 2. The van der Waals surface area contributed by atoms with Crippen LogP contribution in [0.5, 0.6) is 0 Å². The molecule has 2 aromatic rings. The van der Waals surface area contributed by atoms with E-state index < -0.39 is 0 Å². The Kier molecular flexibility index (Phi) is 2.62. The highest BCUT2D eigenvalue weighted by atomic mass is 15.2. The van der Waals surface area contributed by atoms with Gasteiger partial charge in [0, 0.05) is 18.8 Å². The number of anilines is 1. The minimum absolute atomic E-state index is 0.841. The molecule has 2 heterocycles. The van der Waals surface area contributed by atoms with Gasteiger partial charge < -0.3 is 10.3 Å². The molecule has 2 rings (SSSR count). The van der Waals surface area contributed by atoms with Crippen molar-refractivity contribution >= 4 is 16.9 Å². The quantitative estimate of drug-likeness (QED) is 0.726. The lowest BCUT2D eigenvalue weighted by Crippen LogP contribution is -2.03. The second-order valence-corrected chi connectivity index (χ2v) is 3.29. The van der Waals surface area contributed by atoms with E-state index in [1.165, 1.54) is 6.42 Å². The zero-order chi connectivity index (χ0) is 9.80. The Morgan fingerprint density at radius 1 is 1.43 bits per heavy atom. The molecule has 0 fully saturated rings. The fraction of sp³-hybridized carbons (Fsp3) is 0.400. The van der Waals surface area contributed by atoms with Crippen molar-refractivity contribution in [1.29, 1.82) is 0 Å². The van der Waals surface area contributed by atoms with E-state index in [9.17, 15) is 0 Å². The van der Waals surface area contributed by atoms with Crippen molar-refractivity contribution in [2.24, 2.45) is 0 Å². The van der Waals surface area contributed by atoms with Gasteiger partial charge in [0.25, 0.3) is 0 Å². The molecule has 4 nitrogen and oxygen atoms in total. The molecule has 0 saturated carbocycles. The molecule has 0 radical (unpaired) electrons. The van der Waals surface area contributed by atoms with Gasteiger partial charge in [-0.1, -0.05) is 13.3 Å². The van der Waals surface area contributed by atoms with Crippen molar-refractivity contribution in [3.8, 4) is 0 Å². The minimum Gasteiger partial charge on any atom is -0.369 e. The lowest BCUT2D eigenvalue weighted by molar-refractivity contribution is 0.828. The van der Waals surface area contributed by atoms with E-state index in [1.54, 1.807) is 0 Å². The molecule has 2 N–H and O–H groups in total. The minimum atomic E-state index is 0.841. The Morgan fingerprint density at radius 3 is 3.21 bits per heavy atom. The van der Waals surface area contributed by atoms with E-state index in [2.05, 4.69) is 27.4 Å². The summed E-state index contributed by atoms with van der Waals surface area (Å²) in [6, 6.07) is 3.90. The van der Waals surface area contributed by atoms with Gasteiger partial charge in [-0.15, -0.1) is 10.2 Å². The molecule has 0 spiro atoms.